The van der Waals surface area contributed by atoms with Gasteiger partial charge in [-0.15, -0.1) is 0 Å². The summed E-state index contributed by atoms with van der Waals surface area (Å²) in [6, 6.07) is 17.1. The normalized spacial score (nSPS) is 11.8. The lowest BCUT2D eigenvalue weighted by Crippen LogP contribution is -2.52. The molecule has 0 aromatic heterocycles. The molecule has 0 radical (unpaired) electrons. The molecule has 0 heterocycles. The molecule has 0 aliphatic heterocycles. The van der Waals surface area contributed by atoms with E-state index in [-0.39, 0.29) is 35.2 Å². The number of methoxy groups -OCH3 is 2. The number of benzene rings is 3. The van der Waals surface area contributed by atoms with Gasteiger partial charge in [0.1, 0.15) is 18.4 Å². The van der Waals surface area contributed by atoms with E-state index < -0.39 is 34.3 Å². The zero-order valence-electron chi connectivity index (χ0n) is 23.7. The number of carbonyl (C=O) groups is 2. The molecule has 1 N–H and O–H groups in total. The van der Waals surface area contributed by atoms with Gasteiger partial charge in [-0.2, -0.15) is 0 Å². The molecule has 0 fully saturated rings. The number of sulfonamides is 1. The maximum absolute atomic E-state index is 14.0. The highest BCUT2D eigenvalue weighted by atomic mass is 32.2. The van der Waals surface area contributed by atoms with E-state index in [9.17, 15) is 22.4 Å². The van der Waals surface area contributed by atoms with E-state index in [1.807, 2.05) is 6.92 Å². The Kier molecular flexibility index (Phi) is 11.1. The van der Waals surface area contributed by atoms with Crippen LogP contribution in [0.5, 0.6) is 11.5 Å². The zero-order valence-corrected chi connectivity index (χ0v) is 24.5. The molecule has 3 rings (SSSR count). The van der Waals surface area contributed by atoms with Gasteiger partial charge in [0, 0.05) is 19.2 Å². The minimum atomic E-state index is -4.29. The summed E-state index contributed by atoms with van der Waals surface area (Å²) in [5.41, 5.74) is 0.858. The third-order valence-electron chi connectivity index (χ3n) is 6.47. The molecule has 1 atom stereocenters. The fourth-order valence-corrected chi connectivity index (χ4v) is 5.73. The zero-order chi connectivity index (χ0) is 30.0. The highest BCUT2D eigenvalue weighted by Crippen LogP contribution is 2.32. The Morgan fingerprint density at radius 3 is 2.17 bits per heavy atom. The number of para-hydroxylation sites is 1. The number of nitrogens with one attached hydrogen (secondary N) is 1. The Morgan fingerprint density at radius 1 is 0.927 bits per heavy atom. The van der Waals surface area contributed by atoms with Crippen molar-refractivity contribution in [2.75, 3.05) is 31.6 Å². The molecular weight excluding hydrogens is 549 g/mol. The van der Waals surface area contributed by atoms with Crippen LogP contribution >= 0.6 is 0 Å². The van der Waals surface area contributed by atoms with Crippen LogP contribution in [-0.2, 0) is 26.2 Å². The lowest BCUT2D eigenvalue weighted by Gasteiger charge is -2.33. The predicted octanol–water partition coefficient (Wildman–Crippen LogP) is 4.37. The van der Waals surface area contributed by atoms with E-state index in [0.29, 0.717) is 24.3 Å². The van der Waals surface area contributed by atoms with Gasteiger partial charge < -0.3 is 19.7 Å². The summed E-state index contributed by atoms with van der Waals surface area (Å²) < 4.78 is 53.2. The summed E-state index contributed by atoms with van der Waals surface area (Å²) in [6.45, 7) is 3.52. The second-order valence-corrected chi connectivity index (χ2v) is 11.1. The quantitative estimate of drug-likeness (QED) is 0.301. The van der Waals surface area contributed by atoms with Gasteiger partial charge >= 0.3 is 0 Å². The van der Waals surface area contributed by atoms with Gasteiger partial charge in [0.2, 0.25) is 11.8 Å². The monoisotopic (exact) mass is 585 g/mol. The van der Waals surface area contributed by atoms with E-state index in [2.05, 4.69) is 5.32 Å². The van der Waals surface area contributed by atoms with Crippen LogP contribution in [0, 0.1) is 5.82 Å². The summed E-state index contributed by atoms with van der Waals surface area (Å²) in [6.07, 6.45) is 0.996. The summed E-state index contributed by atoms with van der Waals surface area (Å²) >= 11 is 0. The average Bonchev–Trinajstić information content (AvgIpc) is 2.99. The maximum Gasteiger partial charge on any atom is 0.264 e. The molecule has 0 unspecified atom stereocenters. The largest absolute Gasteiger partial charge is 0.493 e. The Hall–Kier alpha value is -4.12. The van der Waals surface area contributed by atoms with Crippen LogP contribution in [0.3, 0.4) is 0 Å². The molecule has 0 spiro atoms. The van der Waals surface area contributed by atoms with Crippen LogP contribution in [0.25, 0.3) is 0 Å². The van der Waals surface area contributed by atoms with Crippen LogP contribution in [0.4, 0.5) is 10.1 Å². The highest BCUT2D eigenvalue weighted by Gasteiger charge is 2.34. The van der Waals surface area contributed by atoms with Gasteiger partial charge in [0.15, 0.2) is 11.5 Å². The van der Waals surface area contributed by atoms with Gasteiger partial charge in [-0.25, -0.2) is 12.8 Å². The van der Waals surface area contributed by atoms with E-state index in [0.717, 1.165) is 4.31 Å². The molecule has 41 heavy (non-hydrogen) atoms. The number of anilines is 1. The minimum Gasteiger partial charge on any atom is -0.493 e. The Labute approximate surface area is 240 Å². The van der Waals surface area contributed by atoms with Crippen LogP contribution in [0.2, 0.25) is 0 Å². The van der Waals surface area contributed by atoms with E-state index in [4.69, 9.17) is 9.47 Å². The summed E-state index contributed by atoms with van der Waals surface area (Å²) in [5, 5.41) is 2.83. The first-order valence-electron chi connectivity index (χ1n) is 13.3. The standard InChI is InChI=1S/C30H36FN3O6S/c1-5-18-32-30(36)26(6-2)33(20-22-12-14-23(31)15-13-22)29(35)21-34(24-10-8-7-9-11-24)41(37,38)25-16-17-27(39-3)28(19-25)40-4/h7-17,19,26H,5-6,18,20-21H2,1-4H3,(H,32,36)/t26-/m0/s1. The second kappa shape index (κ2) is 14.5. The molecule has 0 aliphatic rings. The van der Waals surface area contributed by atoms with Crippen molar-refractivity contribution in [1.82, 2.24) is 10.2 Å². The van der Waals surface area contributed by atoms with Gasteiger partial charge in [-0.1, -0.05) is 44.2 Å². The first-order valence-corrected chi connectivity index (χ1v) is 14.7. The molecule has 11 heteroatoms. The molecule has 2 amide bonds. The Bertz CT molecular complexity index is 1420. The molecular formula is C30H36FN3O6S. The third-order valence-corrected chi connectivity index (χ3v) is 8.24. The number of nitrogens with zero attached hydrogens (tertiary/aromatic N) is 2. The van der Waals surface area contributed by atoms with Crippen LogP contribution in [0.15, 0.2) is 77.7 Å². The number of hydrogen-bond donors (Lipinski definition) is 1. The van der Waals surface area contributed by atoms with E-state index in [1.165, 1.54) is 61.6 Å². The topological polar surface area (TPSA) is 105 Å². The highest BCUT2D eigenvalue weighted by molar-refractivity contribution is 7.92. The van der Waals surface area contributed by atoms with Gasteiger partial charge in [0.25, 0.3) is 10.0 Å². The van der Waals surface area contributed by atoms with Gasteiger partial charge in [0.05, 0.1) is 24.8 Å². The smallest absolute Gasteiger partial charge is 0.264 e. The molecule has 0 saturated carbocycles. The van der Waals surface area contributed by atoms with Gasteiger partial charge in [-0.3, -0.25) is 13.9 Å². The molecule has 0 aliphatic carbocycles. The predicted molar refractivity (Wildman–Crippen MR) is 155 cm³/mol. The lowest BCUT2D eigenvalue weighted by molar-refractivity contribution is -0.140. The fraction of sp³-hybridized carbons (Fsp3) is 0.333. The van der Waals surface area contributed by atoms with Crippen molar-refractivity contribution in [1.29, 1.82) is 0 Å². The molecule has 3 aromatic carbocycles. The van der Waals surface area contributed by atoms with Crippen molar-refractivity contribution in [3.8, 4) is 11.5 Å². The Morgan fingerprint density at radius 2 is 1.59 bits per heavy atom. The van der Waals surface area contributed by atoms with Crippen molar-refractivity contribution in [2.24, 2.45) is 0 Å². The summed E-state index contributed by atoms with van der Waals surface area (Å²) in [4.78, 5) is 28.3. The first kappa shape index (κ1) is 31.4. The number of ether oxygens (including phenoxy) is 2. The van der Waals surface area contributed by atoms with Crippen molar-refractivity contribution in [2.45, 2.75) is 44.2 Å². The van der Waals surface area contributed by atoms with Crippen LogP contribution in [-0.4, -0.2) is 58.5 Å². The van der Waals surface area contributed by atoms with E-state index in [1.54, 1.807) is 37.3 Å². The number of carbonyl (C=O) groups excluding carboxylic acids is 2. The lowest BCUT2D eigenvalue weighted by atomic mass is 10.1. The number of rotatable bonds is 14. The summed E-state index contributed by atoms with van der Waals surface area (Å²) in [7, 11) is -1.45. The van der Waals surface area contributed by atoms with Crippen molar-refractivity contribution in [3.63, 3.8) is 0 Å². The molecule has 0 saturated heterocycles. The molecule has 3 aromatic rings. The maximum atomic E-state index is 14.0. The second-order valence-electron chi connectivity index (χ2n) is 9.23. The fourth-order valence-electron chi connectivity index (χ4n) is 4.30. The van der Waals surface area contributed by atoms with Crippen molar-refractivity contribution >= 4 is 27.5 Å². The van der Waals surface area contributed by atoms with Crippen molar-refractivity contribution in [3.05, 3.63) is 84.2 Å². The third kappa shape index (κ3) is 7.75. The first-order chi connectivity index (χ1) is 19.7. The SMILES string of the molecule is CCCNC(=O)[C@H](CC)N(Cc1ccc(F)cc1)C(=O)CN(c1ccccc1)S(=O)(=O)c1ccc(OC)c(OC)c1. The minimum absolute atomic E-state index is 0.0177. The molecule has 220 valence electrons. The molecule has 9 nitrogen and oxygen atoms in total. The summed E-state index contributed by atoms with van der Waals surface area (Å²) in [5.74, 6) is -0.817. The number of hydrogen-bond acceptors (Lipinski definition) is 6. The molecule has 0 bridgehead atoms. The average molecular weight is 586 g/mol. The number of halogens is 1. The van der Waals surface area contributed by atoms with Gasteiger partial charge in [-0.05, 0) is 54.8 Å². The van der Waals surface area contributed by atoms with Crippen LogP contribution in [0.1, 0.15) is 32.3 Å². The Balaban J connectivity index is 2.05. The van der Waals surface area contributed by atoms with Crippen molar-refractivity contribution < 1.29 is 31.9 Å². The van der Waals surface area contributed by atoms with E-state index >= 15 is 0 Å². The number of amides is 2. The van der Waals surface area contributed by atoms with Crippen LogP contribution < -0.4 is 19.1 Å².